The van der Waals surface area contributed by atoms with Crippen LogP contribution in [0, 0.1) is 5.92 Å². The number of likely N-dealkylation sites (tertiary alicyclic amines) is 1. The van der Waals surface area contributed by atoms with E-state index in [1.807, 2.05) is 11.0 Å². The molecule has 1 saturated carbocycles. The molecule has 1 aromatic rings. The maximum Gasteiger partial charge on any atom is 0.248 e. The topological polar surface area (TPSA) is 55.6 Å². The van der Waals surface area contributed by atoms with Crippen molar-refractivity contribution in [1.82, 2.24) is 4.90 Å². The van der Waals surface area contributed by atoms with Gasteiger partial charge in [-0.2, -0.15) is 0 Å². The highest BCUT2D eigenvalue weighted by Crippen LogP contribution is 2.32. The molecule has 2 aliphatic rings. The van der Waals surface area contributed by atoms with E-state index >= 15 is 0 Å². The minimum atomic E-state index is 0. The van der Waals surface area contributed by atoms with Crippen LogP contribution in [0.4, 0.5) is 0 Å². The van der Waals surface area contributed by atoms with E-state index in [2.05, 4.69) is 24.3 Å². The third kappa shape index (κ3) is 4.71. The van der Waals surface area contributed by atoms with Crippen LogP contribution in [0.15, 0.2) is 30.3 Å². The zero-order chi connectivity index (χ0) is 16.1. The van der Waals surface area contributed by atoms with Crippen LogP contribution in [-0.2, 0) is 9.53 Å². The first-order chi connectivity index (χ1) is 11.3. The molecule has 1 aromatic carbocycles. The van der Waals surface area contributed by atoms with Crippen molar-refractivity contribution >= 4 is 18.3 Å². The molecule has 1 aliphatic carbocycles. The fourth-order valence-electron chi connectivity index (χ4n) is 3.90. The molecule has 2 fully saturated rings. The highest BCUT2D eigenvalue weighted by Gasteiger charge is 2.35. The molecular formula is C19H29ClN2O2. The molecule has 5 heteroatoms. The summed E-state index contributed by atoms with van der Waals surface area (Å²) in [5.74, 6) is 0.809. The fourth-order valence-corrected chi connectivity index (χ4v) is 3.90. The Bertz CT molecular complexity index is 505. The predicted molar refractivity (Wildman–Crippen MR) is 98.4 cm³/mol. The first-order valence-corrected chi connectivity index (χ1v) is 8.92. The van der Waals surface area contributed by atoms with Gasteiger partial charge in [0.2, 0.25) is 5.91 Å². The van der Waals surface area contributed by atoms with Crippen molar-refractivity contribution in [3.63, 3.8) is 0 Å². The number of amides is 1. The number of hydrogen-bond acceptors (Lipinski definition) is 3. The number of nitrogens with two attached hydrogens (primary N) is 1. The summed E-state index contributed by atoms with van der Waals surface area (Å²) in [5, 5.41) is 0. The molecule has 24 heavy (non-hydrogen) atoms. The SMILES string of the molecule is Cl.NC[C@@H]1CN(C(=O)COC2CCCCC2)C[C@H]1c1ccccc1. The smallest absolute Gasteiger partial charge is 0.248 e. The third-order valence-corrected chi connectivity index (χ3v) is 5.32. The standard InChI is InChI=1S/C19H28N2O2.ClH/c20-11-16-12-21(13-18(16)15-7-3-1-4-8-15)19(22)14-23-17-9-5-2-6-10-17;/h1,3-4,7-8,16-18H,2,5-6,9-14,20H2;1H/t16-,18+;/m1./s1. The summed E-state index contributed by atoms with van der Waals surface area (Å²) in [6.45, 7) is 2.36. The van der Waals surface area contributed by atoms with E-state index in [0.29, 0.717) is 18.4 Å². The van der Waals surface area contributed by atoms with Crippen molar-refractivity contribution in [3.05, 3.63) is 35.9 Å². The number of carbonyl (C=O) groups excluding carboxylic acids is 1. The Hall–Kier alpha value is -1.10. The van der Waals surface area contributed by atoms with Gasteiger partial charge in [-0.3, -0.25) is 4.79 Å². The van der Waals surface area contributed by atoms with Gasteiger partial charge in [0.1, 0.15) is 6.61 Å². The second-order valence-corrected chi connectivity index (χ2v) is 6.88. The fraction of sp³-hybridized carbons (Fsp3) is 0.632. The Kier molecular flexibility index (Phi) is 7.53. The number of halogens is 1. The summed E-state index contributed by atoms with van der Waals surface area (Å²) in [7, 11) is 0. The van der Waals surface area contributed by atoms with Gasteiger partial charge < -0.3 is 15.4 Å². The lowest BCUT2D eigenvalue weighted by molar-refractivity contribution is -0.137. The number of nitrogens with zero attached hydrogens (tertiary/aromatic N) is 1. The number of carbonyl (C=O) groups is 1. The molecular weight excluding hydrogens is 324 g/mol. The van der Waals surface area contributed by atoms with Crippen LogP contribution >= 0.6 is 12.4 Å². The average molecular weight is 353 g/mol. The number of hydrogen-bond donors (Lipinski definition) is 1. The molecule has 1 amide bonds. The van der Waals surface area contributed by atoms with Crippen molar-refractivity contribution in [2.45, 2.75) is 44.1 Å². The van der Waals surface area contributed by atoms with Crippen molar-refractivity contribution in [2.75, 3.05) is 26.2 Å². The first kappa shape index (κ1) is 19.2. The quantitative estimate of drug-likeness (QED) is 0.886. The normalized spacial score (nSPS) is 24.6. The molecule has 0 bridgehead atoms. The second-order valence-electron chi connectivity index (χ2n) is 6.88. The van der Waals surface area contributed by atoms with E-state index < -0.39 is 0 Å². The highest BCUT2D eigenvalue weighted by molar-refractivity contribution is 5.85. The molecule has 1 saturated heterocycles. The Morgan fingerprint density at radius 2 is 1.83 bits per heavy atom. The van der Waals surface area contributed by atoms with Crippen molar-refractivity contribution in [3.8, 4) is 0 Å². The first-order valence-electron chi connectivity index (χ1n) is 8.92. The lowest BCUT2D eigenvalue weighted by Crippen LogP contribution is -2.34. The molecule has 1 heterocycles. The maximum absolute atomic E-state index is 12.5. The molecule has 0 radical (unpaired) electrons. The predicted octanol–water partition coefficient (Wildman–Crippen LogP) is 2.96. The van der Waals surface area contributed by atoms with E-state index in [4.69, 9.17) is 10.5 Å². The van der Waals surface area contributed by atoms with Gasteiger partial charge in [-0.05, 0) is 30.9 Å². The van der Waals surface area contributed by atoms with Crippen LogP contribution in [0.5, 0.6) is 0 Å². The molecule has 3 rings (SSSR count). The second kappa shape index (κ2) is 9.40. The van der Waals surface area contributed by atoms with E-state index in [1.54, 1.807) is 0 Å². The van der Waals surface area contributed by atoms with Crippen LogP contribution < -0.4 is 5.73 Å². The Morgan fingerprint density at radius 1 is 1.12 bits per heavy atom. The van der Waals surface area contributed by atoms with E-state index in [0.717, 1.165) is 25.9 Å². The zero-order valence-electron chi connectivity index (χ0n) is 14.2. The van der Waals surface area contributed by atoms with Gasteiger partial charge in [0.15, 0.2) is 0 Å². The van der Waals surface area contributed by atoms with Crippen LogP contribution in [-0.4, -0.2) is 43.2 Å². The molecule has 2 N–H and O–H groups in total. The number of rotatable bonds is 5. The van der Waals surface area contributed by atoms with Crippen molar-refractivity contribution in [2.24, 2.45) is 11.7 Å². The molecule has 0 spiro atoms. The lowest BCUT2D eigenvalue weighted by Gasteiger charge is -2.23. The van der Waals surface area contributed by atoms with E-state index in [9.17, 15) is 4.79 Å². The van der Waals surface area contributed by atoms with Gasteiger partial charge >= 0.3 is 0 Å². The molecule has 134 valence electrons. The Morgan fingerprint density at radius 3 is 2.50 bits per heavy atom. The summed E-state index contributed by atoms with van der Waals surface area (Å²) >= 11 is 0. The third-order valence-electron chi connectivity index (χ3n) is 5.32. The van der Waals surface area contributed by atoms with E-state index in [-0.39, 0.29) is 31.0 Å². The number of ether oxygens (including phenoxy) is 1. The molecule has 1 aliphatic heterocycles. The summed E-state index contributed by atoms with van der Waals surface area (Å²) in [6.07, 6.45) is 6.25. The molecule has 2 atom stereocenters. The zero-order valence-corrected chi connectivity index (χ0v) is 15.0. The van der Waals surface area contributed by atoms with Gasteiger partial charge in [0.25, 0.3) is 0 Å². The monoisotopic (exact) mass is 352 g/mol. The van der Waals surface area contributed by atoms with E-state index in [1.165, 1.54) is 24.8 Å². The van der Waals surface area contributed by atoms with Crippen LogP contribution in [0.1, 0.15) is 43.6 Å². The summed E-state index contributed by atoms with van der Waals surface area (Å²) < 4.78 is 5.84. The van der Waals surface area contributed by atoms with Crippen molar-refractivity contribution < 1.29 is 9.53 Å². The highest BCUT2D eigenvalue weighted by atomic mass is 35.5. The van der Waals surface area contributed by atoms with Crippen LogP contribution in [0.25, 0.3) is 0 Å². The van der Waals surface area contributed by atoms with Gasteiger partial charge in [-0.15, -0.1) is 12.4 Å². The maximum atomic E-state index is 12.5. The van der Waals surface area contributed by atoms with Crippen LogP contribution in [0.3, 0.4) is 0 Å². The summed E-state index contributed by atoms with van der Waals surface area (Å²) in [6, 6.07) is 10.4. The average Bonchev–Trinajstić information content (AvgIpc) is 3.06. The summed E-state index contributed by atoms with van der Waals surface area (Å²) in [4.78, 5) is 14.4. The summed E-state index contributed by atoms with van der Waals surface area (Å²) in [5.41, 5.74) is 7.23. The van der Waals surface area contributed by atoms with Gasteiger partial charge in [0, 0.05) is 19.0 Å². The van der Waals surface area contributed by atoms with Crippen molar-refractivity contribution in [1.29, 1.82) is 0 Å². The number of benzene rings is 1. The minimum Gasteiger partial charge on any atom is -0.368 e. The van der Waals surface area contributed by atoms with Crippen LogP contribution in [0.2, 0.25) is 0 Å². The molecule has 4 nitrogen and oxygen atoms in total. The molecule has 0 unspecified atom stereocenters. The largest absolute Gasteiger partial charge is 0.368 e. The van der Waals surface area contributed by atoms with Gasteiger partial charge in [-0.25, -0.2) is 0 Å². The minimum absolute atomic E-state index is 0. The van der Waals surface area contributed by atoms with Gasteiger partial charge in [-0.1, -0.05) is 49.6 Å². The Labute approximate surface area is 151 Å². The Balaban J connectivity index is 0.00000208. The van der Waals surface area contributed by atoms with Gasteiger partial charge in [0.05, 0.1) is 6.10 Å². The molecule has 0 aromatic heterocycles. The lowest BCUT2D eigenvalue weighted by atomic mass is 9.89.